The number of alkyl halides is 1. The molecule has 0 heterocycles. The van der Waals surface area contributed by atoms with Crippen molar-refractivity contribution in [2.24, 2.45) is 0 Å². The summed E-state index contributed by atoms with van der Waals surface area (Å²) in [6.07, 6.45) is 0.855. The Morgan fingerprint density at radius 1 is 1.10 bits per heavy atom. The highest BCUT2D eigenvalue weighted by Crippen LogP contribution is 2.36. The molecule has 0 aliphatic heterocycles. The molecule has 0 bridgehead atoms. The molecule has 0 radical (unpaired) electrons. The molecule has 0 aliphatic carbocycles. The van der Waals surface area contributed by atoms with E-state index in [4.69, 9.17) is 9.47 Å². The zero-order valence-corrected chi connectivity index (χ0v) is 14.3. The summed E-state index contributed by atoms with van der Waals surface area (Å²) in [6, 6.07) is 14.4. The lowest BCUT2D eigenvalue weighted by atomic mass is 10.0. The van der Waals surface area contributed by atoms with Crippen LogP contribution in [0.1, 0.15) is 28.4 Å². The fourth-order valence-corrected chi connectivity index (χ4v) is 3.08. The number of ether oxygens (including phenoxy) is 2. The fraction of sp³-hybridized carbons (Fsp3) is 0.333. The molecule has 2 rings (SSSR count). The van der Waals surface area contributed by atoms with Crippen LogP contribution in [0.3, 0.4) is 0 Å². The third kappa shape index (κ3) is 4.01. The highest BCUT2D eigenvalue weighted by molar-refractivity contribution is 9.09. The van der Waals surface area contributed by atoms with Gasteiger partial charge < -0.3 is 9.47 Å². The van der Waals surface area contributed by atoms with E-state index in [1.54, 1.807) is 7.11 Å². The molecule has 0 saturated carbocycles. The lowest BCUT2D eigenvalue weighted by Gasteiger charge is -2.17. The van der Waals surface area contributed by atoms with E-state index in [9.17, 15) is 0 Å². The highest BCUT2D eigenvalue weighted by Gasteiger charge is 2.16. The second kappa shape index (κ2) is 7.51. The minimum absolute atomic E-state index is 0.190. The summed E-state index contributed by atoms with van der Waals surface area (Å²) in [7, 11) is 1.71. The Balaban J connectivity index is 2.27. The predicted molar refractivity (Wildman–Crippen MR) is 90.7 cm³/mol. The number of hydrogen-bond donors (Lipinski definition) is 0. The van der Waals surface area contributed by atoms with E-state index in [0.717, 1.165) is 17.9 Å². The average Bonchev–Trinajstić information content (AvgIpc) is 2.49. The topological polar surface area (TPSA) is 18.5 Å². The van der Waals surface area contributed by atoms with Crippen LogP contribution in [0.15, 0.2) is 42.5 Å². The first-order valence-corrected chi connectivity index (χ1v) is 8.06. The molecule has 0 fully saturated rings. The van der Waals surface area contributed by atoms with Gasteiger partial charge in [0, 0.05) is 10.4 Å². The standard InChI is InChI=1S/C18H21BrO2/c1-4-21-18-10-9-13(2)11-15(18)16(19)12-14-7-5-6-8-17(14)20-3/h5-11,16H,4,12H2,1-3H3. The Kier molecular flexibility index (Phi) is 5.68. The van der Waals surface area contributed by atoms with Crippen molar-refractivity contribution in [1.82, 2.24) is 0 Å². The summed E-state index contributed by atoms with van der Waals surface area (Å²) in [4.78, 5) is 0.190. The summed E-state index contributed by atoms with van der Waals surface area (Å²) in [5.41, 5.74) is 3.60. The van der Waals surface area contributed by atoms with Crippen LogP contribution in [-0.2, 0) is 6.42 Å². The third-order valence-corrected chi connectivity index (χ3v) is 4.21. The second-order valence-electron chi connectivity index (χ2n) is 4.96. The fourth-order valence-electron chi connectivity index (χ4n) is 2.37. The van der Waals surface area contributed by atoms with Gasteiger partial charge in [-0.3, -0.25) is 0 Å². The molecule has 1 unspecified atom stereocenters. The molecule has 21 heavy (non-hydrogen) atoms. The van der Waals surface area contributed by atoms with Gasteiger partial charge in [0.2, 0.25) is 0 Å². The van der Waals surface area contributed by atoms with Crippen LogP contribution < -0.4 is 9.47 Å². The Hall–Kier alpha value is -1.48. The molecular formula is C18H21BrO2. The van der Waals surface area contributed by atoms with Gasteiger partial charge in [-0.1, -0.05) is 51.8 Å². The molecule has 0 aromatic heterocycles. The number of methoxy groups -OCH3 is 1. The van der Waals surface area contributed by atoms with Crippen molar-refractivity contribution >= 4 is 15.9 Å². The summed E-state index contributed by atoms with van der Waals surface area (Å²) in [5.74, 6) is 1.87. The first-order chi connectivity index (χ1) is 10.2. The van der Waals surface area contributed by atoms with E-state index in [1.165, 1.54) is 16.7 Å². The normalized spacial score (nSPS) is 12.0. The number of halogens is 1. The lowest BCUT2D eigenvalue weighted by molar-refractivity contribution is 0.336. The SMILES string of the molecule is CCOc1ccc(C)cc1C(Br)Cc1ccccc1OC. The van der Waals surface area contributed by atoms with E-state index in [2.05, 4.69) is 41.1 Å². The zero-order chi connectivity index (χ0) is 15.2. The molecular weight excluding hydrogens is 328 g/mol. The molecule has 0 spiro atoms. The van der Waals surface area contributed by atoms with Gasteiger partial charge in [0.05, 0.1) is 13.7 Å². The first kappa shape index (κ1) is 15.9. The van der Waals surface area contributed by atoms with Gasteiger partial charge in [0.1, 0.15) is 11.5 Å². The third-order valence-electron chi connectivity index (χ3n) is 3.39. The summed E-state index contributed by atoms with van der Waals surface area (Å²) < 4.78 is 11.2. The van der Waals surface area contributed by atoms with E-state index in [0.29, 0.717) is 6.61 Å². The van der Waals surface area contributed by atoms with Crippen LogP contribution >= 0.6 is 15.9 Å². The molecule has 3 heteroatoms. The second-order valence-corrected chi connectivity index (χ2v) is 6.06. The van der Waals surface area contributed by atoms with Gasteiger partial charge in [-0.05, 0) is 38.0 Å². The maximum atomic E-state index is 5.75. The Labute approximate surface area is 135 Å². The number of hydrogen-bond acceptors (Lipinski definition) is 2. The van der Waals surface area contributed by atoms with Crippen molar-refractivity contribution in [3.05, 3.63) is 59.2 Å². The smallest absolute Gasteiger partial charge is 0.123 e. The van der Waals surface area contributed by atoms with Crippen LogP contribution in [0.5, 0.6) is 11.5 Å². The van der Waals surface area contributed by atoms with Crippen LogP contribution in [0.2, 0.25) is 0 Å². The van der Waals surface area contributed by atoms with Gasteiger partial charge in [-0.2, -0.15) is 0 Å². The molecule has 0 aliphatic rings. The lowest BCUT2D eigenvalue weighted by Crippen LogP contribution is -2.02. The minimum Gasteiger partial charge on any atom is -0.496 e. The monoisotopic (exact) mass is 348 g/mol. The van der Waals surface area contributed by atoms with E-state index in [1.807, 2.05) is 31.2 Å². The van der Waals surface area contributed by atoms with Gasteiger partial charge in [0.25, 0.3) is 0 Å². The van der Waals surface area contributed by atoms with Gasteiger partial charge in [-0.15, -0.1) is 0 Å². The number of benzene rings is 2. The predicted octanol–water partition coefficient (Wildman–Crippen LogP) is 5.08. The van der Waals surface area contributed by atoms with Crippen LogP contribution in [-0.4, -0.2) is 13.7 Å². The number of aryl methyl sites for hydroxylation is 1. The van der Waals surface area contributed by atoms with Crippen LogP contribution in [0, 0.1) is 6.92 Å². The maximum Gasteiger partial charge on any atom is 0.123 e. The van der Waals surface area contributed by atoms with Gasteiger partial charge in [-0.25, -0.2) is 0 Å². The molecule has 2 aromatic carbocycles. The molecule has 1 atom stereocenters. The van der Waals surface area contributed by atoms with Crippen LogP contribution in [0.4, 0.5) is 0 Å². The quantitative estimate of drug-likeness (QED) is 0.677. The first-order valence-electron chi connectivity index (χ1n) is 7.15. The minimum atomic E-state index is 0.190. The Bertz CT molecular complexity index is 596. The van der Waals surface area contributed by atoms with Crippen molar-refractivity contribution in [1.29, 1.82) is 0 Å². The van der Waals surface area contributed by atoms with Crippen molar-refractivity contribution in [2.75, 3.05) is 13.7 Å². The largest absolute Gasteiger partial charge is 0.496 e. The molecule has 0 amide bonds. The van der Waals surface area contributed by atoms with Crippen molar-refractivity contribution in [2.45, 2.75) is 25.1 Å². The average molecular weight is 349 g/mol. The highest BCUT2D eigenvalue weighted by atomic mass is 79.9. The van der Waals surface area contributed by atoms with Gasteiger partial charge in [0.15, 0.2) is 0 Å². The molecule has 0 saturated heterocycles. The van der Waals surface area contributed by atoms with Crippen molar-refractivity contribution < 1.29 is 9.47 Å². The molecule has 2 nitrogen and oxygen atoms in total. The molecule has 0 N–H and O–H groups in total. The summed E-state index contributed by atoms with van der Waals surface area (Å²) in [6.45, 7) is 4.78. The van der Waals surface area contributed by atoms with E-state index < -0.39 is 0 Å². The number of para-hydroxylation sites is 1. The number of rotatable bonds is 6. The van der Waals surface area contributed by atoms with Crippen molar-refractivity contribution in [3.63, 3.8) is 0 Å². The maximum absolute atomic E-state index is 5.75. The summed E-state index contributed by atoms with van der Waals surface area (Å²) >= 11 is 3.81. The molecule has 112 valence electrons. The Morgan fingerprint density at radius 2 is 1.86 bits per heavy atom. The molecule has 2 aromatic rings. The Morgan fingerprint density at radius 3 is 2.57 bits per heavy atom. The van der Waals surface area contributed by atoms with Gasteiger partial charge >= 0.3 is 0 Å². The van der Waals surface area contributed by atoms with Crippen molar-refractivity contribution in [3.8, 4) is 11.5 Å². The van der Waals surface area contributed by atoms with Crippen LogP contribution in [0.25, 0.3) is 0 Å². The van der Waals surface area contributed by atoms with E-state index in [-0.39, 0.29) is 4.83 Å². The summed E-state index contributed by atoms with van der Waals surface area (Å²) in [5, 5.41) is 0. The zero-order valence-electron chi connectivity index (χ0n) is 12.7. The van der Waals surface area contributed by atoms with E-state index >= 15 is 0 Å².